The molecule has 0 spiro atoms. The highest BCUT2D eigenvalue weighted by Gasteiger charge is 2.27. The first-order valence-corrected chi connectivity index (χ1v) is 9.01. The molecule has 2 aromatic carbocycles. The Morgan fingerprint density at radius 3 is 2.11 bits per heavy atom. The van der Waals surface area contributed by atoms with Crippen molar-refractivity contribution in [2.24, 2.45) is 11.7 Å². The lowest BCUT2D eigenvalue weighted by Crippen LogP contribution is -2.55. The molecule has 0 aliphatic rings. The highest BCUT2D eigenvalue weighted by atomic mass is 16.3. The summed E-state index contributed by atoms with van der Waals surface area (Å²) in [7, 11) is 0. The summed E-state index contributed by atoms with van der Waals surface area (Å²) < 4.78 is 0. The molecule has 3 amide bonds. The molecule has 28 heavy (non-hydrogen) atoms. The number of carbonyl (C=O) groups excluding carboxylic acids is 3. The van der Waals surface area contributed by atoms with E-state index < -0.39 is 29.8 Å². The maximum atomic E-state index is 12.8. The van der Waals surface area contributed by atoms with Gasteiger partial charge >= 0.3 is 0 Å². The van der Waals surface area contributed by atoms with Gasteiger partial charge in [-0.1, -0.05) is 44.2 Å². The predicted molar refractivity (Wildman–Crippen MR) is 105 cm³/mol. The van der Waals surface area contributed by atoms with Crippen LogP contribution in [0.2, 0.25) is 0 Å². The third-order valence-corrected chi connectivity index (χ3v) is 4.30. The van der Waals surface area contributed by atoms with Gasteiger partial charge in [-0.25, -0.2) is 0 Å². The summed E-state index contributed by atoms with van der Waals surface area (Å²) in [5.74, 6) is -1.64. The van der Waals surface area contributed by atoms with Crippen molar-refractivity contribution in [1.29, 1.82) is 0 Å². The Morgan fingerprint density at radius 2 is 1.57 bits per heavy atom. The molecule has 2 atom stereocenters. The molecule has 0 aromatic heterocycles. The zero-order chi connectivity index (χ0) is 20.7. The first-order chi connectivity index (χ1) is 13.3. The second-order valence-electron chi connectivity index (χ2n) is 6.90. The van der Waals surface area contributed by atoms with Crippen molar-refractivity contribution >= 4 is 17.7 Å². The molecule has 0 unspecified atom stereocenters. The third kappa shape index (κ3) is 5.84. The largest absolute Gasteiger partial charge is 0.508 e. The van der Waals surface area contributed by atoms with Gasteiger partial charge in [0, 0.05) is 12.0 Å². The van der Waals surface area contributed by atoms with Gasteiger partial charge in [0.15, 0.2) is 0 Å². The number of rotatable bonds is 8. The van der Waals surface area contributed by atoms with Crippen LogP contribution in [-0.2, 0) is 16.0 Å². The molecule has 0 aliphatic carbocycles. The lowest BCUT2D eigenvalue weighted by atomic mass is 10.0. The van der Waals surface area contributed by atoms with Gasteiger partial charge in [0.1, 0.15) is 17.8 Å². The highest BCUT2D eigenvalue weighted by molar-refractivity contribution is 5.98. The number of benzene rings is 2. The number of phenolic OH excluding ortho intramolecular Hbond substituents is 1. The number of hydrogen-bond acceptors (Lipinski definition) is 4. The summed E-state index contributed by atoms with van der Waals surface area (Å²) in [6, 6.07) is 13.1. The second kappa shape index (κ2) is 9.55. The van der Waals surface area contributed by atoms with Crippen LogP contribution in [0.5, 0.6) is 5.75 Å². The van der Waals surface area contributed by atoms with E-state index in [1.54, 1.807) is 56.3 Å². The maximum absolute atomic E-state index is 12.8. The fourth-order valence-electron chi connectivity index (χ4n) is 2.73. The van der Waals surface area contributed by atoms with Crippen LogP contribution >= 0.6 is 0 Å². The molecule has 148 valence electrons. The van der Waals surface area contributed by atoms with Crippen LogP contribution in [-0.4, -0.2) is 34.9 Å². The first kappa shape index (κ1) is 21.0. The summed E-state index contributed by atoms with van der Waals surface area (Å²) in [6.45, 7) is 3.54. The van der Waals surface area contributed by atoms with Crippen molar-refractivity contribution in [2.75, 3.05) is 0 Å². The van der Waals surface area contributed by atoms with E-state index in [2.05, 4.69) is 10.6 Å². The fraction of sp³-hybridized carbons (Fsp3) is 0.286. The Labute approximate surface area is 163 Å². The molecule has 0 heterocycles. The summed E-state index contributed by atoms with van der Waals surface area (Å²) in [4.78, 5) is 37.0. The normalized spacial score (nSPS) is 12.8. The minimum atomic E-state index is -0.919. The van der Waals surface area contributed by atoms with Gasteiger partial charge < -0.3 is 21.5 Å². The minimum absolute atomic E-state index is 0.103. The van der Waals surface area contributed by atoms with Crippen LogP contribution in [0.3, 0.4) is 0 Å². The Bertz CT molecular complexity index is 819. The fourth-order valence-corrected chi connectivity index (χ4v) is 2.73. The number of nitrogens with one attached hydrogen (secondary N) is 2. The van der Waals surface area contributed by atoms with Gasteiger partial charge in [0.25, 0.3) is 5.91 Å². The topological polar surface area (TPSA) is 122 Å². The number of hydrogen-bond donors (Lipinski definition) is 4. The quantitative estimate of drug-likeness (QED) is 0.550. The molecule has 0 saturated carbocycles. The molecule has 0 saturated heterocycles. The Balaban J connectivity index is 2.21. The van der Waals surface area contributed by atoms with Gasteiger partial charge in [0.2, 0.25) is 11.8 Å². The summed E-state index contributed by atoms with van der Waals surface area (Å²) in [5, 5.41) is 14.8. The molecular weight excluding hydrogens is 358 g/mol. The van der Waals surface area contributed by atoms with Crippen LogP contribution in [0.25, 0.3) is 0 Å². The molecule has 2 aromatic rings. The Morgan fingerprint density at radius 1 is 0.964 bits per heavy atom. The Kier molecular flexibility index (Phi) is 7.14. The minimum Gasteiger partial charge on any atom is -0.508 e. The van der Waals surface area contributed by atoms with Gasteiger partial charge in [-0.3, -0.25) is 14.4 Å². The molecule has 7 nitrogen and oxygen atoms in total. The van der Waals surface area contributed by atoms with Crippen molar-refractivity contribution in [1.82, 2.24) is 10.6 Å². The van der Waals surface area contributed by atoms with Crippen LogP contribution in [0.1, 0.15) is 29.8 Å². The average molecular weight is 383 g/mol. The SMILES string of the molecule is CC(C)[C@H](NC(=O)[C@H](Cc1ccc(O)cc1)NC(=O)c1ccccc1)C(N)=O. The highest BCUT2D eigenvalue weighted by Crippen LogP contribution is 2.12. The summed E-state index contributed by atoms with van der Waals surface area (Å²) in [6.07, 6.45) is 0.189. The Hall–Kier alpha value is -3.35. The van der Waals surface area contributed by atoms with Crippen molar-refractivity contribution in [3.63, 3.8) is 0 Å². The second-order valence-corrected chi connectivity index (χ2v) is 6.90. The van der Waals surface area contributed by atoms with E-state index in [-0.39, 0.29) is 18.1 Å². The van der Waals surface area contributed by atoms with E-state index in [0.29, 0.717) is 5.56 Å². The molecule has 0 fully saturated rings. The predicted octanol–water partition coefficient (Wildman–Crippen LogP) is 1.36. The van der Waals surface area contributed by atoms with E-state index in [0.717, 1.165) is 5.56 Å². The summed E-state index contributed by atoms with van der Waals surface area (Å²) in [5.41, 5.74) is 6.54. The van der Waals surface area contributed by atoms with Crippen LogP contribution < -0.4 is 16.4 Å². The molecule has 7 heteroatoms. The first-order valence-electron chi connectivity index (χ1n) is 9.01. The number of nitrogens with two attached hydrogens (primary N) is 1. The van der Waals surface area contributed by atoms with Crippen LogP contribution in [0, 0.1) is 5.92 Å². The average Bonchev–Trinajstić information content (AvgIpc) is 2.67. The zero-order valence-electron chi connectivity index (χ0n) is 15.9. The van der Waals surface area contributed by atoms with Crippen LogP contribution in [0.4, 0.5) is 0 Å². The molecule has 0 aliphatic heterocycles. The van der Waals surface area contributed by atoms with Gasteiger partial charge in [-0.15, -0.1) is 0 Å². The standard InChI is InChI=1S/C21H25N3O4/c1-13(2)18(19(22)26)24-21(28)17(12-14-8-10-16(25)11-9-14)23-20(27)15-6-4-3-5-7-15/h3-11,13,17-18,25H,12H2,1-2H3,(H2,22,26)(H,23,27)(H,24,28)/t17-,18-/m0/s1. The van der Waals surface area contributed by atoms with E-state index in [9.17, 15) is 19.5 Å². The molecular formula is C21H25N3O4. The smallest absolute Gasteiger partial charge is 0.251 e. The van der Waals surface area contributed by atoms with Crippen molar-refractivity contribution in [3.8, 4) is 5.75 Å². The molecule has 0 bridgehead atoms. The molecule has 5 N–H and O–H groups in total. The van der Waals surface area contributed by atoms with Gasteiger partial charge in [-0.2, -0.15) is 0 Å². The van der Waals surface area contributed by atoms with Gasteiger partial charge in [-0.05, 0) is 35.7 Å². The molecule has 2 rings (SSSR count). The number of phenols is 1. The number of amides is 3. The zero-order valence-corrected chi connectivity index (χ0v) is 15.9. The third-order valence-electron chi connectivity index (χ3n) is 4.30. The lowest BCUT2D eigenvalue weighted by molar-refractivity contribution is -0.129. The van der Waals surface area contributed by atoms with Crippen molar-refractivity contribution in [2.45, 2.75) is 32.4 Å². The van der Waals surface area contributed by atoms with Crippen LogP contribution in [0.15, 0.2) is 54.6 Å². The van der Waals surface area contributed by atoms with Crippen molar-refractivity contribution in [3.05, 3.63) is 65.7 Å². The lowest BCUT2D eigenvalue weighted by Gasteiger charge is -2.24. The van der Waals surface area contributed by atoms with Crippen molar-refractivity contribution < 1.29 is 19.5 Å². The number of aromatic hydroxyl groups is 1. The number of primary amides is 1. The van der Waals surface area contributed by atoms with E-state index in [4.69, 9.17) is 5.73 Å². The maximum Gasteiger partial charge on any atom is 0.251 e. The van der Waals surface area contributed by atoms with E-state index in [1.165, 1.54) is 12.1 Å². The number of carbonyl (C=O) groups is 3. The van der Waals surface area contributed by atoms with E-state index >= 15 is 0 Å². The molecule has 0 radical (unpaired) electrons. The summed E-state index contributed by atoms with van der Waals surface area (Å²) >= 11 is 0. The van der Waals surface area contributed by atoms with Gasteiger partial charge in [0.05, 0.1) is 0 Å². The monoisotopic (exact) mass is 383 g/mol. The van der Waals surface area contributed by atoms with E-state index in [1.807, 2.05) is 0 Å².